The summed E-state index contributed by atoms with van der Waals surface area (Å²) in [5, 5.41) is 2.77. The van der Waals surface area contributed by atoms with Crippen LogP contribution in [0.1, 0.15) is 6.42 Å². The van der Waals surface area contributed by atoms with Crippen LogP contribution in [0.3, 0.4) is 0 Å². The van der Waals surface area contributed by atoms with Crippen molar-refractivity contribution in [1.29, 1.82) is 0 Å². The number of methoxy groups -OCH3 is 1. The van der Waals surface area contributed by atoms with E-state index in [2.05, 4.69) is 5.32 Å². The Hall–Kier alpha value is -3.35. The average Bonchev–Trinajstić information content (AvgIpc) is 3.30. The summed E-state index contributed by atoms with van der Waals surface area (Å²) in [4.78, 5) is 27.5. The second-order valence-corrected chi connectivity index (χ2v) is 10.5. The third-order valence-corrected chi connectivity index (χ3v) is 8.26. The molecule has 1 unspecified atom stereocenters. The molecule has 36 heavy (non-hydrogen) atoms. The Labute approximate surface area is 208 Å². The van der Waals surface area contributed by atoms with Crippen LogP contribution < -0.4 is 24.4 Å². The Bertz CT molecular complexity index is 1280. The van der Waals surface area contributed by atoms with Gasteiger partial charge in [-0.3, -0.25) is 9.59 Å². The molecule has 2 fully saturated rings. The summed E-state index contributed by atoms with van der Waals surface area (Å²) in [7, 11) is -2.33. The lowest BCUT2D eigenvalue weighted by molar-refractivity contribution is -0.122. The molecule has 3 heterocycles. The zero-order chi connectivity index (χ0) is 25.3. The minimum atomic E-state index is -3.76. The highest BCUT2D eigenvalue weighted by atomic mass is 32.2. The molecule has 0 aliphatic carbocycles. The SMILES string of the molecule is COc1ccc(S(=O)(=O)N2CCOCC2)cc1NC(=O)C1CC(=O)N(c2ccc3c(c2)OCCO3)C1. The van der Waals surface area contributed by atoms with Gasteiger partial charge in [0.15, 0.2) is 11.5 Å². The van der Waals surface area contributed by atoms with Gasteiger partial charge in [-0.05, 0) is 30.3 Å². The largest absolute Gasteiger partial charge is 0.495 e. The summed E-state index contributed by atoms with van der Waals surface area (Å²) in [6, 6.07) is 9.57. The van der Waals surface area contributed by atoms with Crippen molar-refractivity contribution in [3.8, 4) is 17.2 Å². The summed E-state index contributed by atoms with van der Waals surface area (Å²) in [6.07, 6.45) is 0.0222. The zero-order valence-electron chi connectivity index (χ0n) is 19.8. The third-order valence-electron chi connectivity index (χ3n) is 6.37. The van der Waals surface area contributed by atoms with E-state index in [1.165, 1.54) is 29.6 Å². The number of ether oxygens (including phenoxy) is 4. The maximum atomic E-state index is 13.1. The van der Waals surface area contributed by atoms with E-state index in [0.29, 0.717) is 49.4 Å². The van der Waals surface area contributed by atoms with Crippen molar-refractivity contribution in [2.24, 2.45) is 5.92 Å². The van der Waals surface area contributed by atoms with E-state index < -0.39 is 21.8 Å². The number of hydrogen-bond acceptors (Lipinski definition) is 8. The fourth-order valence-electron chi connectivity index (χ4n) is 4.45. The second kappa shape index (κ2) is 9.96. The number of hydrogen-bond donors (Lipinski definition) is 1. The number of nitrogens with zero attached hydrogens (tertiary/aromatic N) is 2. The molecule has 3 aliphatic rings. The van der Waals surface area contributed by atoms with Crippen LogP contribution in [0.4, 0.5) is 11.4 Å². The first kappa shape index (κ1) is 24.3. The normalized spacial score (nSPS) is 20.3. The van der Waals surface area contributed by atoms with E-state index in [0.717, 1.165) is 0 Å². The monoisotopic (exact) mass is 517 g/mol. The number of morpholine rings is 1. The fraction of sp³-hybridized carbons (Fsp3) is 0.417. The molecule has 0 saturated carbocycles. The Kier molecular flexibility index (Phi) is 6.73. The molecule has 1 atom stereocenters. The lowest BCUT2D eigenvalue weighted by Gasteiger charge is -2.26. The van der Waals surface area contributed by atoms with E-state index in [9.17, 15) is 18.0 Å². The molecule has 2 amide bonds. The molecule has 2 saturated heterocycles. The highest BCUT2D eigenvalue weighted by molar-refractivity contribution is 7.89. The van der Waals surface area contributed by atoms with Gasteiger partial charge in [-0.1, -0.05) is 0 Å². The number of benzene rings is 2. The number of rotatable bonds is 6. The molecule has 0 spiro atoms. The van der Waals surface area contributed by atoms with Crippen LogP contribution in [0.25, 0.3) is 0 Å². The van der Waals surface area contributed by atoms with Crippen LogP contribution in [0.5, 0.6) is 17.2 Å². The minimum Gasteiger partial charge on any atom is -0.495 e. The summed E-state index contributed by atoms with van der Waals surface area (Å²) >= 11 is 0. The van der Waals surface area contributed by atoms with Gasteiger partial charge in [-0.15, -0.1) is 0 Å². The molecular formula is C24H27N3O8S. The number of nitrogens with one attached hydrogen (secondary N) is 1. The zero-order valence-corrected chi connectivity index (χ0v) is 20.6. The topological polar surface area (TPSA) is 124 Å². The van der Waals surface area contributed by atoms with Gasteiger partial charge in [0.1, 0.15) is 19.0 Å². The van der Waals surface area contributed by atoms with Crippen molar-refractivity contribution in [3.63, 3.8) is 0 Å². The molecule has 12 heteroatoms. The molecule has 11 nitrogen and oxygen atoms in total. The van der Waals surface area contributed by atoms with Gasteiger partial charge in [0.25, 0.3) is 0 Å². The van der Waals surface area contributed by atoms with Gasteiger partial charge in [-0.25, -0.2) is 8.42 Å². The molecule has 2 aromatic rings. The van der Waals surface area contributed by atoms with Crippen LogP contribution in [0, 0.1) is 5.92 Å². The predicted molar refractivity (Wildman–Crippen MR) is 129 cm³/mol. The summed E-state index contributed by atoms with van der Waals surface area (Å²) in [5.74, 6) is 0.268. The number of carbonyl (C=O) groups is 2. The molecule has 0 radical (unpaired) electrons. The van der Waals surface area contributed by atoms with Crippen LogP contribution >= 0.6 is 0 Å². The first-order valence-corrected chi connectivity index (χ1v) is 13.1. The average molecular weight is 518 g/mol. The molecule has 0 aromatic heterocycles. The molecule has 192 valence electrons. The maximum Gasteiger partial charge on any atom is 0.243 e. The Balaban J connectivity index is 1.32. The number of amides is 2. The van der Waals surface area contributed by atoms with E-state index in [4.69, 9.17) is 18.9 Å². The molecule has 5 rings (SSSR count). The summed E-state index contributed by atoms with van der Waals surface area (Å²) < 4.78 is 49.2. The van der Waals surface area contributed by atoms with Crippen molar-refractivity contribution in [2.75, 3.05) is 63.4 Å². The summed E-state index contributed by atoms with van der Waals surface area (Å²) in [5.41, 5.74) is 0.845. The molecular weight excluding hydrogens is 490 g/mol. The van der Waals surface area contributed by atoms with Gasteiger partial charge in [0, 0.05) is 37.8 Å². The number of anilines is 2. The first-order valence-electron chi connectivity index (χ1n) is 11.6. The van der Waals surface area contributed by atoms with E-state index in [1.807, 2.05) is 0 Å². The van der Waals surface area contributed by atoms with Gasteiger partial charge in [0.05, 0.1) is 36.8 Å². The van der Waals surface area contributed by atoms with Crippen LogP contribution in [0.2, 0.25) is 0 Å². The molecule has 0 bridgehead atoms. The van der Waals surface area contributed by atoms with Gasteiger partial charge < -0.3 is 29.2 Å². The lowest BCUT2D eigenvalue weighted by Crippen LogP contribution is -2.40. The van der Waals surface area contributed by atoms with Gasteiger partial charge in [0.2, 0.25) is 21.8 Å². The smallest absolute Gasteiger partial charge is 0.243 e. The predicted octanol–water partition coefficient (Wildman–Crippen LogP) is 1.48. The van der Waals surface area contributed by atoms with Crippen molar-refractivity contribution in [2.45, 2.75) is 11.3 Å². The number of sulfonamides is 1. The van der Waals surface area contributed by atoms with Gasteiger partial charge >= 0.3 is 0 Å². The second-order valence-electron chi connectivity index (χ2n) is 8.60. The number of carbonyl (C=O) groups excluding carboxylic acids is 2. The van der Waals surface area contributed by atoms with Crippen LogP contribution in [-0.2, 0) is 24.3 Å². The Morgan fingerprint density at radius 3 is 2.53 bits per heavy atom. The number of fused-ring (bicyclic) bond motifs is 1. The standard InChI is InChI=1S/C24H27N3O8S/c1-32-20-5-3-18(36(30,31)26-6-8-33-9-7-26)14-19(20)25-24(29)16-12-23(28)27(15-16)17-2-4-21-22(13-17)35-11-10-34-21/h2-5,13-14,16H,6-12,15H2,1H3,(H,25,29). The Morgan fingerprint density at radius 1 is 1.03 bits per heavy atom. The maximum absolute atomic E-state index is 13.1. The highest BCUT2D eigenvalue weighted by Crippen LogP contribution is 2.36. The molecule has 3 aliphatic heterocycles. The molecule has 1 N–H and O–H groups in total. The quantitative estimate of drug-likeness (QED) is 0.611. The minimum absolute atomic E-state index is 0.0222. The third kappa shape index (κ3) is 4.71. The first-order chi connectivity index (χ1) is 17.4. The lowest BCUT2D eigenvalue weighted by atomic mass is 10.1. The van der Waals surface area contributed by atoms with Crippen molar-refractivity contribution in [1.82, 2.24) is 4.31 Å². The van der Waals surface area contributed by atoms with Crippen molar-refractivity contribution >= 4 is 33.2 Å². The van der Waals surface area contributed by atoms with Crippen LogP contribution in [0.15, 0.2) is 41.3 Å². The fourth-order valence-corrected chi connectivity index (χ4v) is 5.88. The Morgan fingerprint density at radius 2 is 1.78 bits per heavy atom. The highest BCUT2D eigenvalue weighted by Gasteiger charge is 2.36. The summed E-state index contributed by atoms with van der Waals surface area (Å²) in [6.45, 7) is 2.25. The van der Waals surface area contributed by atoms with Crippen molar-refractivity contribution < 1.29 is 37.0 Å². The van der Waals surface area contributed by atoms with Crippen molar-refractivity contribution in [3.05, 3.63) is 36.4 Å². The molecule has 2 aromatic carbocycles. The van der Waals surface area contributed by atoms with Gasteiger partial charge in [-0.2, -0.15) is 4.31 Å². The van der Waals surface area contributed by atoms with Crippen LogP contribution in [-0.4, -0.2) is 77.7 Å². The van der Waals surface area contributed by atoms with E-state index in [-0.39, 0.29) is 42.5 Å². The van der Waals surface area contributed by atoms with E-state index >= 15 is 0 Å². The van der Waals surface area contributed by atoms with E-state index in [1.54, 1.807) is 23.1 Å².